The van der Waals surface area contributed by atoms with Gasteiger partial charge < -0.3 is 118 Å². The van der Waals surface area contributed by atoms with E-state index in [4.69, 9.17) is 61.0 Å². The maximum atomic E-state index is 14.8. The largest absolute Gasteiger partial charge is 1.00 e. The van der Waals surface area contributed by atoms with Gasteiger partial charge in [-0.15, -0.1) is 0 Å². The number of hydrogen-bond acceptors (Lipinski definition) is 29. The molecular weight excluding hydrogens is 1240 g/mol. The van der Waals surface area contributed by atoms with Crippen LogP contribution >= 0.6 is 0 Å². The number of hydrogen-bond donors (Lipinski definition) is 11. The van der Waals surface area contributed by atoms with Gasteiger partial charge in [0.2, 0.25) is 10.4 Å². The Hall–Kier alpha value is -1.29. The Balaban J connectivity index is 0.00000980. The van der Waals surface area contributed by atoms with E-state index in [0.717, 1.165) is 18.4 Å². The Bertz CT molecular complexity index is 2680. The first-order chi connectivity index (χ1) is 42.2. The molecule has 0 radical (unpaired) electrons. The molecule has 1 spiro atoms. The van der Waals surface area contributed by atoms with Crippen molar-refractivity contribution in [2.45, 2.75) is 267 Å². The molecule has 0 bridgehead atoms. The third-order valence-corrected chi connectivity index (χ3v) is 22.8. The van der Waals surface area contributed by atoms with Crippen molar-refractivity contribution >= 4 is 22.3 Å². The molecule has 4 aliphatic carbocycles. The molecule has 31 heteroatoms. The molecule has 6 saturated heterocycles. The van der Waals surface area contributed by atoms with E-state index < -0.39 is 218 Å². The van der Waals surface area contributed by atoms with Crippen molar-refractivity contribution in [1.29, 1.82) is 0 Å². The Morgan fingerprint density at radius 1 is 0.703 bits per heavy atom. The first-order valence-electron chi connectivity index (χ1n) is 31.7. The van der Waals surface area contributed by atoms with Gasteiger partial charge in [-0.25, -0.2) is 8.42 Å². The fourth-order valence-electron chi connectivity index (χ4n) is 17.7. The summed E-state index contributed by atoms with van der Waals surface area (Å²) in [6.45, 7) is 14.2. The Kier molecular flexibility index (Phi) is 22.9. The zero-order valence-corrected chi connectivity index (χ0v) is 56.1. The average molecular weight is 1340 g/mol. The number of cyclic esters (lactones) is 1. The minimum absolute atomic E-state index is 0. The van der Waals surface area contributed by atoms with Crippen molar-refractivity contribution in [3.63, 3.8) is 0 Å². The van der Waals surface area contributed by atoms with E-state index in [1.165, 1.54) is 13.8 Å². The first kappa shape index (κ1) is 73.9. The van der Waals surface area contributed by atoms with E-state index >= 15 is 0 Å². The van der Waals surface area contributed by atoms with Crippen LogP contribution in [0.5, 0.6) is 0 Å². The summed E-state index contributed by atoms with van der Waals surface area (Å²) in [5, 5.41) is 121. The van der Waals surface area contributed by atoms with E-state index in [-0.39, 0.29) is 58.7 Å². The fraction of sp³-hybridized carbons (Fsp3) is 0.933. The molecule has 0 aromatic heterocycles. The number of aliphatic hydroxyl groups is 11. The number of aliphatic hydroxyl groups excluding tert-OH is 11. The normalized spacial score (nSPS) is 49.7. The Morgan fingerprint density at radius 2 is 1.33 bits per heavy atom. The van der Waals surface area contributed by atoms with Crippen molar-refractivity contribution in [1.82, 2.24) is 0 Å². The van der Waals surface area contributed by atoms with E-state index in [0.29, 0.717) is 50.9 Å². The van der Waals surface area contributed by atoms with Gasteiger partial charge in [-0.05, 0) is 93.8 Å². The summed E-state index contributed by atoms with van der Waals surface area (Å²) < 4.78 is 115. The van der Waals surface area contributed by atoms with Gasteiger partial charge >= 0.3 is 41.5 Å². The van der Waals surface area contributed by atoms with E-state index in [9.17, 15) is 78.7 Å². The molecule has 10 rings (SSSR count). The number of fused-ring (bicyclic) bond motifs is 4. The number of carbonyl (C=O) groups excluding carboxylic acids is 2. The summed E-state index contributed by atoms with van der Waals surface area (Å²) in [5.41, 5.74) is -2.41. The van der Waals surface area contributed by atoms with Crippen LogP contribution in [0.25, 0.3) is 0 Å². The van der Waals surface area contributed by atoms with Crippen molar-refractivity contribution in [3.05, 3.63) is 11.6 Å². The zero-order valence-electron chi connectivity index (χ0n) is 53.3. The summed E-state index contributed by atoms with van der Waals surface area (Å²) in [6, 6.07) is 0. The molecule has 10 aliphatic rings. The summed E-state index contributed by atoms with van der Waals surface area (Å²) in [5.74, 6) is -1.94. The van der Waals surface area contributed by atoms with E-state index in [1.807, 2.05) is 6.92 Å². The maximum Gasteiger partial charge on any atom is 1.00 e. The summed E-state index contributed by atoms with van der Waals surface area (Å²) >= 11 is 0. The molecule has 0 aromatic carbocycles. The van der Waals surface area contributed by atoms with Gasteiger partial charge in [0.1, 0.15) is 97.2 Å². The van der Waals surface area contributed by atoms with Crippen molar-refractivity contribution in [2.75, 3.05) is 33.0 Å². The van der Waals surface area contributed by atoms with Gasteiger partial charge in [-0.3, -0.25) is 13.8 Å². The second kappa shape index (κ2) is 28.1. The molecule has 6 heterocycles. The molecule has 11 N–H and O–H groups in total. The smallest absolute Gasteiger partial charge is 0.726 e. The molecule has 516 valence electrons. The summed E-state index contributed by atoms with van der Waals surface area (Å²) in [4.78, 5) is 27.6. The zero-order chi connectivity index (χ0) is 65.7. The Morgan fingerprint density at radius 3 is 1.98 bits per heavy atom. The maximum absolute atomic E-state index is 14.8. The number of allylic oxidation sites excluding steroid dienone is 2. The van der Waals surface area contributed by atoms with Crippen LogP contribution in [0.3, 0.4) is 0 Å². The van der Waals surface area contributed by atoms with Gasteiger partial charge in [-0.1, -0.05) is 59.6 Å². The van der Waals surface area contributed by atoms with Gasteiger partial charge in [0, 0.05) is 18.3 Å². The van der Waals surface area contributed by atoms with Crippen LogP contribution in [0.15, 0.2) is 11.6 Å². The summed E-state index contributed by atoms with van der Waals surface area (Å²) in [7, 11) is -5.51. The number of ether oxygens (including phenoxy) is 12. The predicted molar refractivity (Wildman–Crippen MR) is 300 cm³/mol. The van der Waals surface area contributed by atoms with Crippen LogP contribution < -0.4 is 29.6 Å². The minimum Gasteiger partial charge on any atom is -0.726 e. The first-order valence-corrected chi connectivity index (χ1v) is 33.0. The third-order valence-electron chi connectivity index (χ3n) is 22.3. The van der Waals surface area contributed by atoms with Crippen molar-refractivity contribution in [2.24, 2.45) is 51.2 Å². The third kappa shape index (κ3) is 13.6. The SMILES string of the molecule is CC(=O)O[C@H]1C[C@@]2(C)C3=CC[C@H]4C(C)(C)[C@@H](OC5OCC(OS(=O)(=O)[O-])C(O)C5OC5OC(C)C(OC6OCC(O)C(OC7OC(CO)C(O)C(CO)C7O)C6O)C(O)C5OC5OCC(O)C(O)C5O)CC[C@]4(C)C3CCC23C(=O)O[C@@](C)(CCCC(C)C)[C@@H]13.[Na+]. The van der Waals surface area contributed by atoms with Gasteiger partial charge in [0.05, 0.1) is 62.7 Å². The van der Waals surface area contributed by atoms with Gasteiger partial charge in [0.25, 0.3) is 0 Å². The number of esters is 2. The molecular formula is C60H95NaO29S. The molecule has 31 atom stereocenters. The molecule has 91 heavy (non-hydrogen) atoms. The number of rotatable bonds is 19. The van der Waals surface area contributed by atoms with Gasteiger partial charge in [-0.2, -0.15) is 0 Å². The van der Waals surface area contributed by atoms with E-state index in [1.54, 1.807) is 0 Å². The van der Waals surface area contributed by atoms with Crippen LogP contribution in [0.2, 0.25) is 0 Å². The van der Waals surface area contributed by atoms with Crippen molar-refractivity contribution in [3.8, 4) is 0 Å². The molecule has 3 saturated carbocycles. The topological polar surface area (TPSA) is 434 Å². The quantitative estimate of drug-likeness (QED) is 0.0191. The second-order valence-corrected chi connectivity index (χ2v) is 29.6. The second-order valence-electron chi connectivity index (χ2n) is 28.6. The van der Waals surface area contributed by atoms with Crippen LogP contribution in [0.4, 0.5) is 0 Å². The predicted octanol–water partition coefficient (Wildman–Crippen LogP) is -4.58. The standard InChI is InChI=1S/C60H96O29S.Na/c1-25(2)11-10-16-59(9)49-33(81-27(4)63)19-58(8)30-12-13-36-56(5,6)37(15-17-57(36,7)29(30)14-18-60(49,58)55(73)88-59)83-53-47(41(69)35(24-79-53)89-90(74,75)76)87-54-48(86-50-42(70)40(68)31(64)22-77-50)43(71)45(26(3)80-54)84-51-44(72)46(32(65)23-78-51)85-52-39(67)28(20-61)38(66)34(21-62)82-52;/h12,25-26,28-29,31-54,61-62,64-72H,10-11,13-24H2,1-9H3,(H,74,75,76);/q;+1/p-1/t26?,28?,29?,31?,32?,33-,34?,35?,36-,37-,38?,39?,40?,41?,42?,43?,44?,45?,46?,47?,48?,49+,50?,51?,52?,53?,54?,57+,58-,59-,60?;/m0./s1. The van der Waals surface area contributed by atoms with Crippen LogP contribution in [-0.4, -0.2) is 261 Å². The number of carbonyl (C=O) groups is 2. The van der Waals surface area contributed by atoms with Crippen molar-refractivity contribution < 1.29 is 169 Å². The van der Waals surface area contributed by atoms with E-state index in [2.05, 4.69) is 47.6 Å². The molecule has 0 aromatic rings. The minimum atomic E-state index is -5.51. The molecule has 9 fully saturated rings. The fourth-order valence-corrected chi connectivity index (χ4v) is 18.2. The molecule has 24 unspecified atom stereocenters. The molecule has 6 aliphatic heterocycles. The average Bonchev–Trinajstić information content (AvgIpc) is 1.53. The van der Waals surface area contributed by atoms with Crippen LogP contribution in [0, 0.1) is 51.2 Å². The Labute approximate surface area is 551 Å². The van der Waals surface area contributed by atoms with Crippen LogP contribution in [0.1, 0.15) is 120 Å². The van der Waals surface area contributed by atoms with Gasteiger partial charge in [0.15, 0.2) is 31.5 Å². The molecule has 0 amide bonds. The van der Waals surface area contributed by atoms with Crippen LogP contribution in [-0.2, 0) is 81.0 Å². The monoisotopic (exact) mass is 1330 g/mol. The molecule has 29 nitrogen and oxygen atoms in total. The summed E-state index contributed by atoms with van der Waals surface area (Å²) in [6.07, 6.45) is -30.2.